The summed E-state index contributed by atoms with van der Waals surface area (Å²) < 4.78 is 5.83. The summed E-state index contributed by atoms with van der Waals surface area (Å²) in [7, 11) is 4.29. The Bertz CT molecular complexity index is 373. The van der Waals surface area contributed by atoms with Crippen LogP contribution < -0.4 is 5.32 Å². The number of nitrogens with zero attached hydrogens (tertiary/aromatic N) is 1. The largest absolute Gasteiger partial charge is 0.376 e. The summed E-state index contributed by atoms with van der Waals surface area (Å²) in [6.07, 6.45) is 1.37. The molecule has 1 aliphatic heterocycles. The van der Waals surface area contributed by atoms with E-state index in [9.17, 15) is 0 Å². The Morgan fingerprint density at radius 2 is 2.17 bits per heavy atom. The number of rotatable bonds is 4. The summed E-state index contributed by atoms with van der Waals surface area (Å²) in [4.78, 5) is 2.29. The zero-order valence-corrected chi connectivity index (χ0v) is 11.6. The summed E-state index contributed by atoms with van der Waals surface area (Å²) in [5.41, 5.74) is 2.77. The second-order valence-electron chi connectivity index (χ2n) is 5.27. The molecule has 2 rings (SSSR count). The third-order valence-corrected chi connectivity index (χ3v) is 3.66. The van der Waals surface area contributed by atoms with Crippen LogP contribution in [0, 0.1) is 6.92 Å². The number of morpholine rings is 1. The van der Waals surface area contributed by atoms with Crippen LogP contribution in [0.2, 0.25) is 0 Å². The molecule has 0 spiro atoms. The van der Waals surface area contributed by atoms with Gasteiger partial charge in [0.25, 0.3) is 0 Å². The van der Waals surface area contributed by atoms with E-state index in [1.807, 2.05) is 0 Å². The molecule has 3 nitrogen and oxygen atoms in total. The monoisotopic (exact) mass is 248 g/mol. The van der Waals surface area contributed by atoms with Crippen molar-refractivity contribution >= 4 is 0 Å². The lowest BCUT2D eigenvalue weighted by Gasteiger charge is -2.32. The molecule has 0 bridgehead atoms. The predicted octanol–water partition coefficient (Wildman–Crippen LogP) is 1.98. The Morgan fingerprint density at radius 3 is 2.78 bits per heavy atom. The Morgan fingerprint density at radius 1 is 1.39 bits per heavy atom. The summed E-state index contributed by atoms with van der Waals surface area (Å²) >= 11 is 0. The van der Waals surface area contributed by atoms with Crippen LogP contribution in [0.3, 0.4) is 0 Å². The summed E-state index contributed by atoms with van der Waals surface area (Å²) in [5.74, 6) is 0. The lowest BCUT2D eigenvalue weighted by molar-refractivity contribution is 0.00888. The van der Waals surface area contributed by atoms with Gasteiger partial charge in [-0.1, -0.05) is 24.3 Å². The molecule has 2 atom stereocenters. The van der Waals surface area contributed by atoms with E-state index >= 15 is 0 Å². The fraction of sp³-hybridized carbons (Fsp3) is 0.600. The van der Waals surface area contributed by atoms with Crippen LogP contribution in [0.4, 0.5) is 0 Å². The van der Waals surface area contributed by atoms with Gasteiger partial charge in [0.2, 0.25) is 0 Å². The molecule has 1 saturated heterocycles. The normalized spacial score (nSPS) is 22.1. The number of benzene rings is 1. The average molecular weight is 248 g/mol. The number of aryl methyl sites for hydroxylation is 1. The average Bonchev–Trinajstić information content (AvgIpc) is 2.38. The summed E-state index contributed by atoms with van der Waals surface area (Å²) in [6.45, 7) is 4.97. The SMILES string of the molecule is Cc1ccccc1C(CC1CNCCO1)N(C)C. The lowest BCUT2D eigenvalue weighted by atomic mass is 9.95. The van der Waals surface area contributed by atoms with Crippen LogP contribution in [-0.2, 0) is 4.74 Å². The first-order valence-electron chi connectivity index (χ1n) is 6.72. The Kier molecular flexibility index (Phi) is 4.75. The molecule has 1 aliphatic rings. The fourth-order valence-electron chi connectivity index (χ4n) is 2.60. The molecule has 100 valence electrons. The summed E-state index contributed by atoms with van der Waals surface area (Å²) in [6, 6.07) is 9.07. The first kappa shape index (κ1) is 13.5. The van der Waals surface area contributed by atoms with Crippen molar-refractivity contribution in [2.75, 3.05) is 33.8 Å². The molecular formula is C15H24N2O. The molecule has 3 heteroatoms. The Hall–Kier alpha value is -0.900. The fourth-order valence-corrected chi connectivity index (χ4v) is 2.60. The number of hydrogen-bond acceptors (Lipinski definition) is 3. The minimum atomic E-state index is 0.325. The second-order valence-corrected chi connectivity index (χ2v) is 5.27. The standard InChI is InChI=1S/C15H24N2O/c1-12-6-4-5-7-14(12)15(17(2)3)10-13-11-16-8-9-18-13/h4-7,13,15-16H,8-11H2,1-3H3. The van der Waals surface area contributed by atoms with E-state index in [2.05, 4.69) is 55.5 Å². The van der Waals surface area contributed by atoms with Crippen LogP contribution in [0.1, 0.15) is 23.6 Å². The van der Waals surface area contributed by atoms with Gasteiger partial charge >= 0.3 is 0 Å². The van der Waals surface area contributed by atoms with Crippen LogP contribution in [0.25, 0.3) is 0 Å². The van der Waals surface area contributed by atoms with Gasteiger partial charge in [-0.3, -0.25) is 0 Å². The minimum absolute atomic E-state index is 0.325. The van der Waals surface area contributed by atoms with E-state index in [0.29, 0.717) is 12.1 Å². The molecule has 1 fully saturated rings. The molecule has 2 unspecified atom stereocenters. The van der Waals surface area contributed by atoms with Gasteiger partial charge in [0.1, 0.15) is 0 Å². The first-order chi connectivity index (χ1) is 8.68. The maximum Gasteiger partial charge on any atom is 0.0718 e. The molecular weight excluding hydrogens is 224 g/mol. The molecule has 0 radical (unpaired) electrons. The van der Waals surface area contributed by atoms with Gasteiger partial charge in [0.05, 0.1) is 12.7 Å². The molecule has 0 aromatic heterocycles. The van der Waals surface area contributed by atoms with Crippen molar-refractivity contribution in [3.05, 3.63) is 35.4 Å². The molecule has 1 aromatic rings. The van der Waals surface area contributed by atoms with E-state index in [4.69, 9.17) is 4.74 Å². The second kappa shape index (κ2) is 6.32. The zero-order chi connectivity index (χ0) is 13.0. The lowest BCUT2D eigenvalue weighted by Crippen LogP contribution is -2.40. The third kappa shape index (κ3) is 3.31. The molecule has 1 heterocycles. The maximum atomic E-state index is 5.83. The van der Waals surface area contributed by atoms with E-state index in [1.54, 1.807) is 0 Å². The van der Waals surface area contributed by atoms with Crippen molar-refractivity contribution < 1.29 is 4.74 Å². The highest BCUT2D eigenvalue weighted by molar-refractivity contribution is 5.28. The van der Waals surface area contributed by atoms with Crippen molar-refractivity contribution in [1.82, 2.24) is 10.2 Å². The van der Waals surface area contributed by atoms with Crippen LogP contribution in [-0.4, -0.2) is 44.8 Å². The highest BCUT2D eigenvalue weighted by Crippen LogP contribution is 2.27. The number of nitrogens with one attached hydrogen (secondary N) is 1. The third-order valence-electron chi connectivity index (χ3n) is 3.66. The highest BCUT2D eigenvalue weighted by atomic mass is 16.5. The van der Waals surface area contributed by atoms with E-state index in [-0.39, 0.29) is 0 Å². The van der Waals surface area contributed by atoms with Gasteiger partial charge in [-0.15, -0.1) is 0 Å². The van der Waals surface area contributed by atoms with Crippen LogP contribution in [0.5, 0.6) is 0 Å². The van der Waals surface area contributed by atoms with Gasteiger partial charge in [0.15, 0.2) is 0 Å². The van der Waals surface area contributed by atoms with E-state index in [1.165, 1.54) is 11.1 Å². The molecule has 0 amide bonds. The van der Waals surface area contributed by atoms with Crippen LogP contribution >= 0.6 is 0 Å². The maximum absolute atomic E-state index is 5.83. The quantitative estimate of drug-likeness (QED) is 0.882. The van der Waals surface area contributed by atoms with Crippen molar-refractivity contribution in [2.24, 2.45) is 0 Å². The number of hydrogen-bond donors (Lipinski definition) is 1. The first-order valence-corrected chi connectivity index (χ1v) is 6.72. The Balaban J connectivity index is 2.10. The Labute approximate surface area is 110 Å². The zero-order valence-electron chi connectivity index (χ0n) is 11.6. The topological polar surface area (TPSA) is 24.5 Å². The molecule has 18 heavy (non-hydrogen) atoms. The van der Waals surface area contributed by atoms with Gasteiger partial charge in [-0.25, -0.2) is 0 Å². The van der Waals surface area contributed by atoms with Gasteiger partial charge in [-0.05, 0) is 38.6 Å². The van der Waals surface area contributed by atoms with Gasteiger partial charge in [-0.2, -0.15) is 0 Å². The molecule has 0 aliphatic carbocycles. The van der Waals surface area contributed by atoms with E-state index in [0.717, 1.165) is 26.1 Å². The highest BCUT2D eigenvalue weighted by Gasteiger charge is 2.23. The van der Waals surface area contributed by atoms with Crippen molar-refractivity contribution in [1.29, 1.82) is 0 Å². The van der Waals surface area contributed by atoms with Crippen molar-refractivity contribution in [3.8, 4) is 0 Å². The van der Waals surface area contributed by atoms with E-state index < -0.39 is 0 Å². The molecule has 0 saturated carbocycles. The van der Waals surface area contributed by atoms with Crippen molar-refractivity contribution in [3.63, 3.8) is 0 Å². The molecule has 1 aromatic carbocycles. The minimum Gasteiger partial charge on any atom is -0.376 e. The van der Waals surface area contributed by atoms with Gasteiger partial charge in [0, 0.05) is 19.1 Å². The van der Waals surface area contributed by atoms with Gasteiger partial charge < -0.3 is 15.0 Å². The smallest absolute Gasteiger partial charge is 0.0718 e. The van der Waals surface area contributed by atoms with Crippen LogP contribution in [0.15, 0.2) is 24.3 Å². The van der Waals surface area contributed by atoms with Crippen molar-refractivity contribution in [2.45, 2.75) is 25.5 Å². The molecule has 1 N–H and O–H groups in total. The predicted molar refractivity (Wildman–Crippen MR) is 74.8 cm³/mol. The number of ether oxygens (including phenoxy) is 1. The summed E-state index contributed by atoms with van der Waals surface area (Å²) in [5, 5.41) is 3.40.